The van der Waals surface area contributed by atoms with Gasteiger partial charge in [-0.2, -0.15) is 13.2 Å². The van der Waals surface area contributed by atoms with Crippen molar-refractivity contribution in [3.63, 3.8) is 0 Å². The monoisotopic (exact) mass is 325 g/mol. The summed E-state index contributed by atoms with van der Waals surface area (Å²) in [4.78, 5) is 21.7. The first-order chi connectivity index (χ1) is 9.61. The number of carbonyl (C=O) groups is 1. The fraction of sp³-hybridized carbons (Fsp3) is 0.364. The molecule has 0 aliphatic rings. The van der Waals surface area contributed by atoms with E-state index >= 15 is 0 Å². The Morgan fingerprint density at radius 1 is 1.43 bits per heavy atom. The lowest BCUT2D eigenvalue weighted by atomic mass is 10.1. The molecular weight excluding hydrogens is 315 g/mol. The maximum absolute atomic E-state index is 11.9. The van der Waals surface area contributed by atoms with Crippen LogP contribution in [0.3, 0.4) is 0 Å². The largest absolute Gasteiger partial charge is 0.397 e. The zero-order valence-electron chi connectivity index (χ0n) is 10.5. The van der Waals surface area contributed by atoms with E-state index in [2.05, 4.69) is 5.32 Å². The first-order valence-electron chi connectivity index (χ1n) is 5.70. The van der Waals surface area contributed by atoms with Gasteiger partial charge >= 0.3 is 6.18 Å². The van der Waals surface area contributed by atoms with Crippen molar-refractivity contribution in [1.29, 1.82) is 0 Å². The summed E-state index contributed by atoms with van der Waals surface area (Å²) in [7, 11) is 0. The number of halogens is 4. The lowest BCUT2D eigenvalue weighted by Crippen LogP contribution is -2.26. The van der Waals surface area contributed by atoms with E-state index in [9.17, 15) is 28.1 Å². The van der Waals surface area contributed by atoms with Gasteiger partial charge in [0.15, 0.2) is 0 Å². The molecule has 0 saturated carbocycles. The minimum Gasteiger partial charge on any atom is -0.397 e. The molecule has 0 saturated heterocycles. The number of hydrogen-bond donors (Lipinski definition) is 2. The molecule has 0 fully saturated rings. The first kappa shape index (κ1) is 17.0. The summed E-state index contributed by atoms with van der Waals surface area (Å²) in [5.41, 5.74) is 4.68. The van der Waals surface area contributed by atoms with E-state index in [4.69, 9.17) is 17.3 Å². The van der Waals surface area contributed by atoms with E-state index in [0.717, 1.165) is 12.1 Å². The Morgan fingerprint density at radius 3 is 2.57 bits per heavy atom. The number of nitro groups is 1. The number of hydrogen-bond acceptors (Lipinski definition) is 4. The third kappa shape index (κ3) is 5.10. The zero-order chi connectivity index (χ0) is 16.2. The van der Waals surface area contributed by atoms with Crippen LogP contribution in [0.1, 0.15) is 23.2 Å². The number of alkyl halides is 3. The van der Waals surface area contributed by atoms with E-state index < -0.39 is 29.1 Å². The molecule has 21 heavy (non-hydrogen) atoms. The van der Waals surface area contributed by atoms with Crippen molar-refractivity contribution in [2.75, 3.05) is 12.3 Å². The van der Waals surface area contributed by atoms with Gasteiger partial charge in [0.25, 0.3) is 11.6 Å². The fourth-order valence-corrected chi connectivity index (χ4v) is 1.70. The minimum absolute atomic E-state index is 0.171. The van der Waals surface area contributed by atoms with Gasteiger partial charge in [-0.15, -0.1) is 0 Å². The molecule has 3 N–H and O–H groups in total. The van der Waals surface area contributed by atoms with Crippen molar-refractivity contribution in [2.45, 2.75) is 19.0 Å². The van der Waals surface area contributed by atoms with Gasteiger partial charge in [-0.25, -0.2) is 0 Å². The van der Waals surface area contributed by atoms with Crippen LogP contribution >= 0.6 is 11.6 Å². The summed E-state index contributed by atoms with van der Waals surface area (Å²) in [5.74, 6) is -0.819. The number of carbonyl (C=O) groups excluding carboxylic acids is 1. The Bertz CT molecular complexity index is 564. The molecular formula is C11H11ClF3N3O3. The first-order valence-corrected chi connectivity index (χ1v) is 6.08. The second-order valence-corrected chi connectivity index (χ2v) is 4.53. The van der Waals surface area contributed by atoms with Crippen LogP contribution in [-0.2, 0) is 0 Å². The standard InChI is InChI=1S/C11H11ClF3N3O3/c12-8-5-6(18(20)21)4-7(9(8)16)10(19)17-3-1-2-11(13,14)15/h4-5H,1-3,16H2,(H,17,19). The average Bonchev–Trinajstić information content (AvgIpc) is 2.36. The lowest BCUT2D eigenvalue weighted by Gasteiger charge is -2.09. The molecule has 0 unspecified atom stereocenters. The van der Waals surface area contributed by atoms with Gasteiger partial charge in [0, 0.05) is 25.1 Å². The van der Waals surface area contributed by atoms with Crippen LogP contribution in [0.5, 0.6) is 0 Å². The Balaban J connectivity index is 2.76. The van der Waals surface area contributed by atoms with E-state index in [1.54, 1.807) is 0 Å². The van der Waals surface area contributed by atoms with Crippen molar-refractivity contribution in [3.8, 4) is 0 Å². The second kappa shape index (κ2) is 6.61. The summed E-state index contributed by atoms with van der Waals surface area (Å²) in [6.07, 6.45) is -5.66. The molecule has 1 aromatic carbocycles. The molecule has 10 heteroatoms. The van der Waals surface area contributed by atoms with E-state index in [1.165, 1.54) is 0 Å². The minimum atomic E-state index is -4.31. The van der Waals surface area contributed by atoms with E-state index in [1.807, 2.05) is 0 Å². The second-order valence-electron chi connectivity index (χ2n) is 4.12. The number of non-ortho nitro benzene ring substituents is 1. The Hall–Kier alpha value is -2.03. The van der Waals surface area contributed by atoms with Gasteiger partial charge in [0.1, 0.15) is 0 Å². The number of amides is 1. The Labute approximate surface area is 122 Å². The van der Waals surface area contributed by atoms with Crippen LogP contribution in [0.2, 0.25) is 5.02 Å². The maximum Gasteiger partial charge on any atom is 0.389 e. The molecule has 0 radical (unpaired) electrons. The lowest BCUT2D eigenvalue weighted by molar-refractivity contribution is -0.384. The van der Waals surface area contributed by atoms with Gasteiger partial charge in [0.05, 0.1) is 21.2 Å². The van der Waals surface area contributed by atoms with Crippen LogP contribution in [0.25, 0.3) is 0 Å². The highest BCUT2D eigenvalue weighted by atomic mass is 35.5. The quantitative estimate of drug-likeness (QED) is 0.376. The molecule has 6 nitrogen and oxygen atoms in total. The maximum atomic E-state index is 11.9. The third-order valence-corrected chi connectivity index (χ3v) is 2.81. The summed E-state index contributed by atoms with van der Waals surface area (Å²) in [5, 5.41) is 12.7. The topological polar surface area (TPSA) is 98.3 Å². The number of rotatable bonds is 5. The van der Waals surface area contributed by atoms with Crippen LogP contribution in [0.4, 0.5) is 24.5 Å². The summed E-state index contributed by atoms with van der Waals surface area (Å²) < 4.78 is 35.8. The third-order valence-electron chi connectivity index (χ3n) is 2.49. The molecule has 116 valence electrons. The SMILES string of the molecule is Nc1c(Cl)cc([N+](=O)[O-])cc1C(=O)NCCCC(F)(F)F. The van der Waals surface area contributed by atoms with Gasteiger partial charge in [-0.1, -0.05) is 11.6 Å². The highest BCUT2D eigenvalue weighted by molar-refractivity contribution is 6.34. The van der Waals surface area contributed by atoms with Gasteiger partial charge in [-0.3, -0.25) is 14.9 Å². The highest BCUT2D eigenvalue weighted by Gasteiger charge is 2.26. The number of anilines is 1. The number of benzene rings is 1. The zero-order valence-corrected chi connectivity index (χ0v) is 11.3. The summed E-state index contributed by atoms with van der Waals surface area (Å²) in [6.45, 7) is -0.238. The molecule has 0 aliphatic heterocycles. The fourth-order valence-electron chi connectivity index (χ4n) is 1.48. The molecule has 0 heterocycles. The summed E-state index contributed by atoms with van der Waals surface area (Å²) >= 11 is 5.67. The molecule has 0 atom stereocenters. The normalized spacial score (nSPS) is 11.2. The van der Waals surface area contributed by atoms with Crippen molar-refractivity contribution in [1.82, 2.24) is 5.32 Å². The molecule has 0 bridgehead atoms. The number of nitrogens with one attached hydrogen (secondary N) is 1. The molecule has 1 rings (SSSR count). The average molecular weight is 326 g/mol. The molecule has 1 amide bonds. The van der Waals surface area contributed by atoms with Crippen LogP contribution < -0.4 is 11.1 Å². The van der Waals surface area contributed by atoms with Gasteiger partial charge in [0.2, 0.25) is 0 Å². The van der Waals surface area contributed by atoms with Crippen LogP contribution in [0, 0.1) is 10.1 Å². The predicted octanol–water partition coefficient (Wildman–Crippen LogP) is 2.90. The number of nitrogen functional groups attached to an aromatic ring is 1. The van der Waals surface area contributed by atoms with Crippen molar-refractivity contribution < 1.29 is 22.9 Å². The van der Waals surface area contributed by atoms with E-state index in [-0.39, 0.29) is 29.2 Å². The summed E-state index contributed by atoms with van der Waals surface area (Å²) in [6, 6.07) is 1.90. The number of nitrogens with two attached hydrogens (primary N) is 1. The van der Waals surface area contributed by atoms with Crippen LogP contribution in [-0.4, -0.2) is 23.6 Å². The molecule has 1 aromatic rings. The van der Waals surface area contributed by atoms with Gasteiger partial charge in [-0.05, 0) is 6.42 Å². The number of nitrogens with zero attached hydrogens (tertiary/aromatic N) is 1. The van der Waals surface area contributed by atoms with Crippen LogP contribution in [0.15, 0.2) is 12.1 Å². The Morgan fingerprint density at radius 2 is 2.05 bits per heavy atom. The Kier molecular flexibility index (Phi) is 5.36. The van der Waals surface area contributed by atoms with E-state index in [0.29, 0.717) is 0 Å². The molecule has 0 aliphatic carbocycles. The van der Waals surface area contributed by atoms with Crippen molar-refractivity contribution >= 4 is 28.9 Å². The number of nitro benzene ring substituents is 1. The molecule has 0 spiro atoms. The van der Waals surface area contributed by atoms with Gasteiger partial charge < -0.3 is 11.1 Å². The molecule has 0 aromatic heterocycles. The van der Waals surface area contributed by atoms with Crippen molar-refractivity contribution in [3.05, 3.63) is 32.8 Å². The smallest absolute Gasteiger partial charge is 0.389 e. The van der Waals surface area contributed by atoms with Crippen molar-refractivity contribution in [2.24, 2.45) is 0 Å². The predicted molar refractivity (Wildman–Crippen MR) is 70.1 cm³/mol. The highest BCUT2D eigenvalue weighted by Crippen LogP contribution is 2.28.